The maximum Gasteiger partial charge on any atom is 0.303 e. The Morgan fingerprint density at radius 1 is 0.519 bits per heavy atom. The standard InChI is InChI=1S/C87H119N19O24S/c1-7-9-20-65-81(124)95-57(28-30-74(116)117)78(121)101-64(77(120)93-40-72(90)114)44-131-45-73(115)94-59(32-47-23-25-51(109)26-24-47)83(126)102(4)46(3)75(118)97-61(37-71(89)113)86(129)105-31-15-22-66(105)82(125)100-63(43-108)79(122)96-58(27-29-70(88)112)85(128)106-41-52(110)36-68(106)69(111)35-48(33-49-38-91-55-18-13-11-16-53(49)55)76(119)99-62(42-107)80(123)98-60(34-50-39-92-56-19-14-12-17-54(50)56)84(127)104(6)67(21-10-8-2)87(130)103(65)5/h11-14,16-19,23-26,38-39,46,48,52,57-68,91-92,107-110H,7-10,15,20-22,27-37,40-45H2,1-6H3,(H2,88,112)(H2,89,113)(H2,90,114)(H,93,120)(H,94,115)(H,95,124)(H,96,122)(H,97,118)(H,98,123)(H,99,119)(H,100,125)(H,101,121)(H,116,117)/t46-,48+,52+,57-,58-,59-,60-,61-,62-,63-,64-,65-,66-,67-,68-/m0/s1. The maximum absolute atomic E-state index is 15.7. The number of unbranched alkanes of at least 4 members (excludes halogenated alkanes) is 2. The first-order valence-electron chi connectivity index (χ1n) is 43.3. The second kappa shape index (κ2) is 49.1. The van der Waals surface area contributed by atoms with Gasteiger partial charge in [-0.1, -0.05) is 88.1 Å². The van der Waals surface area contributed by atoms with Crippen LogP contribution in [-0.2, 0) is 110 Å². The number of aliphatic hydroxyl groups is 3. The first-order chi connectivity index (χ1) is 62.3. The van der Waals surface area contributed by atoms with Crippen LogP contribution in [0, 0.1) is 5.92 Å². The smallest absolute Gasteiger partial charge is 0.303 e. The highest BCUT2D eigenvalue weighted by Crippen LogP contribution is 2.30. The second-order valence-electron chi connectivity index (χ2n) is 33.0. The second-order valence-corrected chi connectivity index (χ2v) is 34.0. The lowest BCUT2D eigenvalue weighted by atomic mass is 9.90. The number of phenols is 1. The number of aromatic nitrogens is 2. The number of nitrogens with one attached hydrogen (secondary N) is 11. The number of para-hydroxylation sites is 2. The van der Waals surface area contributed by atoms with E-state index in [9.17, 15) is 83.1 Å². The number of aliphatic carboxylic acids is 1. The summed E-state index contributed by atoms with van der Waals surface area (Å²) in [6.45, 7) is 0.966. The molecule has 0 saturated carbocycles. The Hall–Kier alpha value is -13.1. The molecule has 3 saturated heterocycles. The van der Waals surface area contributed by atoms with Crippen LogP contribution in [0.15, 0.2) is 85.2 Å². The zero-order valence-corrected chi connectivity index (χ0v) is 74.6. The van der Waals surface area contributed by atoms with Crippen LogP contribution in [-0.4, -0.2) is 322 Å². The molecule has 43 nitrogen and oxygen atoms in total. The normalized spacial score (nSPS) is 25.2. The van der Waals surface area contributed by atoms with Gasteiger partial charge in [0, 0.05) is 119 Å². The highest BCUT2D eigenvalue weighted by Gasteiger charge is 2.47. The number of thioether (sulfide) groups is 1. The van der Waals surface area contributed by atoms with Gasteiger partial charge in [-0.05, 0) is 92.8 Å². The molecule has 17 amide bonds. The molecule has 0 radical (unpaired) electrons. The molecule has 0 spiro atoms. The van der Waals surface area contributed by atoms with Gasteiger partial charge in [0.05, 0.1) is 44.1 Å². The van der Waals surface area contributed by atoms with E-state index in [1.165, 1.54) is 52.3 Å². The summed E-state index contributed by atoms with van der Waals surface area (Å²) < 4.78 is 0. The number of likely N-dealkylation sites (N-methyl/N-ethyl adjacent to an activating group) is 3. The maximum atomic E-state index is 15.7. The van der Waals surface area contributed by atoms with Crippen LogP contribution in [0.4, 0.5) is 0 Å². The third-order valence-electron chi connectivity index (χ3n) is 23.5. The van der Waals surface area contributed by atoms with E-state index in [2.05, 4.69) is 57.8 Å². The fourth-order valence-corrected chi connectivity index (χ4v) is 16.9. The molecule has 0 aliphatic carbocycles. The summed E-state index contributed by atoms with van der Waals surface area (Å²) in [4.78, 5) is 283. The molecule has 3 aliphatic heterocycles. The van der Waals surface area contributed by atoms with E-state index in [-0.39, 0.29) is 70.1 Å². The fourth-order valence-electron chi connectivity index (χ4n) is 16.0. The number of Topliss-reactive ketones (excluding diaryl/α,β-unsaturated/α-hetero) is 1. The van der Waals surface area contributed by atoms with Gasteiger partial charge in [-0.2, -0.15) is 0 Å². The number of carbonyl (C=O) groups is 19. The van der Waals surface area contributed by atoms with Crippen molar-refractivity contribution in [1.82, 2.24) is 82.3 Å². The topological polar surface area (TPSA) is 660 Å². The molecule has 0 unspecified atom stereocenters. The third-order valence-corrected chi connectivity index (χ3v) is 24.5. The monoisotopic (exact) mass is 1850 g/mol. The summed E-state index contributed by atoms with van der Waals surface area (Å²) in [6, 6.07) is -2.48. The van der Waals surface area contributed by atoms with E-state index in [1.54, 1.807) is 67.8 Å². The fraction of sp³-hybridized carbons (Fsp3) is 0.529. The minimum atomic E-state index is -1.94. The van der Waals surface area contributed by atoms with Crippen molar-refractivity contribution in [2.75, 3.05) is 65.5 Å². The molecular weight excluding hydrogens is 1730 g/mol. The lowest BCUT2D eigenvalue weighted by molar-refractivity contribution is -0.149. The van der Waals surface area contributed by atoms with Gasteiger partial charge in [-0.3, -0.25) is 91.1 Å². The summed E-state index contributed by atoms with van der Waals surface area (Å²) in [5.74, 6) is -22.7. The number of benzene rings is 3. The molecule has 712 valence electrons. The van der Waals surface area contributed by atoms with E-state index in [0.717, 1.165) is 24.5 Å². The Morgan fingerprint density at radius 3 is 1.63 bits per heavy atom. The van der Waals surface area contributed by atoms with Crippen molar-refractivity contribution >= 4 is 146 Å². The number of H-pyrrole nitrogens is 2. The van der Waals surface area contributed by atoms with Gasteiger partial charge in [0.1, 0.15) is 78.3 Å². The molecule has 15 atom stereocenters. The molecule has 8 rings (SSSR count). The highest BCUT2D eigenvalue weighted by molar-refractivity contribution is 8.00. The Balaban J connectivity index is 1.19. The van der Waals surface area contributed by atoms with Crippen molar-refractivity contribution < 1.29 is 117 Å². The van der Waals surface area contributed by atoms with E-state index >= 15 is 33.6 Å². The molecule has 0 bridgehead atoms. The van der Waals surface area contributed by atoms with Crippen molar-refractivity contribution in [3.8, 4) is 5.75 Å². The molecule has 131 heavy (non-hydrogen) atoms. The largest absolute Gasteiger partial charge is 0.508 e. The summed E-state index contributed by atoms with van der Waals surface area (Å²) >= 11 is 0.690. The number of nitrogens with two attached hydrogens (primary N) is 3. The van der Waals surface area contributed by atoms with Crippen LogP contribution in [0.3, 0.4) is 0 Å². The SMILES string of the molecule is CCCC[C@H]1C(=O)N(C)[C@@H](CCCC)C(=O)N[C@@H](CCC(=O)O)C(=O)N[C@H](C(=O)NCC(N)=O)CSCC(=O)N[C@@H](Cc2ccc(O)cc2)C(=O)N(C)[C@@H](C)C(=O)N[C@@H](CC(N)=O)C(=O)N2CCC[C@H]2C(=O)N[C@@H](CO)C(=O)N[C@@H](CCC(N)=O)C(=O)N2C[C@H](O)C[C@H]2C(=O)C[C@@H](Cc2c[nH]c3ccccc23)C(=O)N[C@@H](CO)C(=O)N[C@@H](Cc2c[nH]c3ccccc23)C(=O)N1C. The van der Waals surface area contributed by atoms with Gasteiger partial charge in [0.25, 0.3) is 0 Å². The number of nitrogens with zero attached hydrogens (tertiary/aromatic N) is 5. The van der Waals surface area contributed by atoms with E-state index < -0.39 is 285 Å². The Kier molecular flexibility index (Phi) is 38.7. The Labute approximate surface area is 758 Å². The molecule has 3 aliphatic rings. The molecule has 2 aromatic heterocycles. The van der Waals surface area contributed by atoms with Crippen LogP contribution >= 0.6 is 11.8 Å². The number of ketones is 1. The van der Waals surface area contributed by atoms with Gasteiger partial charge in [0.2, 0.25) is 100 Å². The van der Waals surface area contributed by atoms with Crippen molar-refractivity contribution in [3.63, 3.8) is 0 Å². The molecule has 22 N–H and O–H groups in total. The molecule has 44 heteroatoms. The molecule has 3 fully saturated rings. The van der Waals surface area contributed by atoms with Crippen LogP contribution in [0.25, 0.3) is 21.8 Å². The average molecular weight is 1850 g/mol. The average Bonchev–Trinajstić information content (AvgIpc) is 1.80. The number of aliphatic hydroxyl groups excluding tert-OH is 3. The van der Waals surface area contributed by atoms with Crippen molar-refractivity contribution in [1.29, 1.82) is 0 Å². The number of rotatable bonds is 25. The van der Waals surface area contributed by atoms with Crippen molar-refractivity contribution in [2.45, 2.75) is 221 Å². The number of aromatic amines is 2. The first kappa shape index (κ1) is 103. The van der Waals surface area contributed by atoms with Crippen LogP contribution in [0.5, 0.6) is 5.75 Å². The Bertz CT molecular complexity index is 4990. The lowest BCUT2D eigenvalue weighted by Crippen LogP contribution is -2.61. The summed E-state index contributed by atoms with van der Waals surface area (Å²) in [5, 5.41) is 77.0. The first-order valence-corrected chi connectivity index (χ1v) is 44.5. The Morgan fingerprint density at radius 2 is 1.05 bits per heavy atom. The quantitative estimate of drug-likeness (QED) is 0.0265. The van der Waals surface area contributed by atoms with Crippen LogP contribution in [0.1, 0.15) is 134 Å². The van der Waals surface area contributed by atoms with E-state index in [1.807, 2.05) is 6.92 Å². The van der Waals surface area contributed by atoms with E-state index in [0.29, 0.717) is 63.1 Å². The minimum Gasteiger partial charge on any atom is -0.508 e. The number of phenolic OH excluding ortho intramolecular Hbond substituents is 1. The molecule has 5 heterocycles. The number of aromatic hydroxyl groups is 1. The zero-order valence-electron chi connectivity index (χ0n) is 73.8. The van der Waals surface area contributed by atoms with E-state index in [4.69, 9.17) is 17.2 Å². The van der Waals surface area contributed by atoms with Gasteiger partial charge < -0.3 is 125 Å². The van der Waals surface area contributed by atoms with Crippen molar-refractivity contribution in [2.24, 2.45) is 23.1 Å². The molecule has 5 aromatic rings. The van der Waals surface area contributed by atoms with Gasteiger partial charge in [0.15, 0.2) is 5.78 Å². The summed E-state index contributed by atoms with van der Waals surface area (Å²) in [7, 11) is 3.74. The number of primary amides is 3. The number of hydrogen-bond donors (Lipinski definition) is 19. The number of carbonyl (C=O) groups excluding carboxylic acids is 18. The third kappa shape index (κ3) is 28.7. The lowest BCUT2D eigenvalue weighted by Gasteiger charge is -2.36. The zero-order chi connectivity index (χ0) is 96.2. The summed E-state index contributed by atoms with van der Waals surface area (Å²) in [5.41, 5.74) is 19.1. The summed E-state index contributed by atoms with van der Waals surface area (Å²) in [6.07, 6.45) is -2.51. The number of amides is 17. The predicted molar refractivity (Wildman–Crippen MR) is 472 cm³/mol. The van der Waals surface area contributed by atoms with Crippen LogP contribution < -0.4 is 65.1 Å². The minimum absolute atomic E-state index is 0.0576. The molecule has 3 aromatic carbocycles. The number of hydrogen-bond acceptors (Lipinski definition) is 24. The van der Waals surface area contributed by atoms with Crippen molar-refractivity contribution in [3.05, 3.63) is 102 Å². The number of carboxylic acids is 1. The molecular formula is C87H119N19O24S. The van der Waals surface area contributed by atoms with Crippen LogP contribution in [0.2, 0.25) is 0 Å². The highest BCUT2D eigenvalue weighted by atomic mass is 32.2. The van der Waals surface area contributed by atoms with Gasteiger partial charge >= 0.3 is 5.97 Å². The van der Waals surface area contributed by atoms with Gasteiger partial charge in [-0.15, -0.1) is 11.8 Å². The predicted octanol–water partition coefficient (Wildman–Crippen LogP) is -3.99. The van der Waals surface area contributed by atoms with Gasteiger partial charge in [-0.25, -0.2) is 0 Å². The number of fused-ring (bicyclic) bond motifs is 4. The number of carboxylic acid groups (broad SMARTS) is 1.